The summed E-state index contributed by atoms with van der Waals surface area (Å²) >= 11 is 7.63. The van der Waals surface area contributed by atoms with Gasteiger partial charge in [0.1, 0.15) is 0 Å². The van der Waals surface area contributed by atoms with E-state index in [1.165, 1.54) is 30.7 Å². The largest absolute Gasteiger partial charge is 0.315 e. The first-order chi connectivity index (χ1) is 7.75. The molecule has 0 bridgehead atoms. The van der Waals surface area contributed by atoms with E-state index in [0.29, 0.717) is 6.04 Å². The van der Waals surface area contributed by atoms with Crippen LogP contribution in [0, 0.1) is 0 Å². The van der Waals surface area contributed by atoms with E-state index in [2.05, 4.69) is 23.3 Å². The maximum absolute atomic E-state index is 5.94. The first-order valence-corrected chi connectivity index (χ1v) is 7.10. The normalized spacial score (nSPS) is 22.3. The zero-order valence-electron chi connectivity index (χ0n) is 9.71. The predicted octanol–water partition coefficient (Wildman–Crippen LogP) is 2.98. The second-order valence-electron chi connectivity index (χ2n) is 4.47. The van der Waals surface area contributed by atoms with Gasteiger partial charge in [0, 0.05) is 24.0 Å². The lowest BCUT2D eigenvalue weighted by atomic mass is 10.1. The predicted molar refractivity (Wildman–Crippen MR) is 71.3 cm³/mol. The zero-order chi connectivity index (χ0) is 11.4. The Labute approximate surface area is 107 Å². The van der Waals surface area contributed by atoms with Crippen molar-refractivity contribution in [2.45, 2.75) is 31.8 Å². The van der Waals surface area contributed by atoms with Crippen LogP contribution < -0.4 is 5.32 Å². The van der Waals surface area contributed by atoms with Crippen molar-refractivity contribution in [3.05, 3.63) is 21.3 Å². The molecule has 1 fully saturated rings. The van der Waals surface area contributed by atoms with Crippen LogP contribution in [0.15, 0.2) is 12.1 Å². The zero-order valence-corrected chi connectivity index (χ0v) is 11.3. The van der Waals surface area contributed by atoms with Crippen molar-refractivity contribution in [1.29, 1.82) is 0 Å². The smallest absolute Gasteiger partial charge is 0.0931 e. The summed E-state index contributed by atoms with van der Waals surface area (Å²) in [5.74, 6) is 0. The van der Waals surface area contributed by atoms with Gasteiger partial charge >= 0.3 is 0 Å². The number of rotatable bonds is 3. The van der Waals surface area contributed by atoms with Crippen molar-refractivity contribution in [2.24, 2.45) is 0 Å². The SMILES string of the molecule is CN(Cc1ccc(Cl)s1)C1CCCCNC1. The van der Waals surface area contributed by atoms with Gasteiger partial charge in [0.05, 0.1) is 4.34 Å². The van der Waals surface area contributed by atoms with E-state index in [1.807, 2.05) is 6.07 Å². The fourth-order valence-corrected chi connectivity index (χ4v) is 3.34. The van der Waals surface area contributed by atoms with Gasteiger partial charge in [-0.05, 0) is 38.6 Å². The summed E-state index contributed by atoms with van der Waals surface area (Å²) in [7, 11) is 2.21. The fraction of sp³-hybridized carbons (Fsp3) is 0.667. The van der Waals surface area contributed by atoms with Gasteiger partial charge in [0.2, 0.25) is 0 Å². The molecule has 2 nitrogen and oxygen atoms in total. The quantitative estimate of drug-likeness (QED) is 0.897. The van der Waals surface area contributed by atoms with Crippen LogP contribution in [-0.2, 0) is 6.54 Å². The minimum absolute atomic E-state index is 0.670. The van der Waals surface area contributed by atoms with E-state index in [9.17, 15) is 0 Å². The van der Waals surface area contributed by atoms with Crippen LogP contribution in [0.2, 0.25) is 4.34 Å². The maximum atomic E-state index is 5.94. The monoisotopic (exact) mass is 258 g/mol. The van der Waals surface area contributed by atoms with Crippen LogP contribution >= 0.6 is 22.9 Å². The summed E-state index contributed by atoms with van der Waals surface area (Å²) < 4.78 is 0.891. The number of hydrogen-bond donors (Lipinski definition) is 1. The molecule has 1 aromatic heterocycles. The average molecular weight is 259 g/mol. The molecule has 2 rings (SSSR count). The Morgan fingerprint density at radius 3 is 3.12 bits per heavy atom. The molecule has 1 aliphatic rings. The fourth-order valence-electron chi connectivity index (χ4n) is 2.19. The molecular formula is C12H19ClN2S. The highest BCUT2D eigenvalue weighted by molar-refractivity contribution is 7.16. The van der Waals surface area contributed by atoms with Crippen molar-refractivity contribution in [3.8, 4) is 0 Å². The first kappa shape index (κ1) is 12.4. The van der Waals surface area contributed by atoms with E-state index in [-0.39, 0.29) is 0 Å². The highest BCUT2D eigenvalue weighted by atomic mass is 35.5. The molecular weight excluding hydrogens is 240 g/mol. The molecule has 0 radical (unpaired) electrons. The number of nitrogens with one attached hydrogen (secondary N) is 1. The number of thiophene rings is 1. The van der Waals surface area contributed by atoms with Gasteiger partial charge in [0.15, 0.2) is 0 Å². The summed E-state index contributed by atoms with van der Waals surface area (Å²) in [6.45, 7) is 3.31. The number of halogens is 1. The van der Waals surface area contributed by atoms with Crippen molar-refractivity contribution in [1.82, 2.24) is 10.2 Å². The molecule has 90 valence electrons. The topological polar surface area (TPSA) is 15.3 Å². The summed E-state index contributed by atoms with van der Waals surface area (Å²) in [5, 5.41) is 3.50. The number of hydrogen-bond acceptors (Lipinski definition) is 3. The second kappa shape index (κ2) is 6.01. The molecule has 1 aromatic rings. The lowest BCUT2D eigenvalue weighted by molar-refractivity contribution is 0.224. The molecule has 0 aromatic carbocycles. The van der Waals surface area contributed by atoms with E-state index in [1.54, 1.807) is 11.3 Å². The Bertz CT molecular complexity index is 319. The summed E-state index contributed by atoms with van der Waals surface area (Å²) in [5.41, 5.74) is 0. The summed E-state index contributed by atoms with van der Waals surface area (Å²) in [4.78, 5) is 3.80. The van der Waals surface area contributed by atoms with Gasteiger partial charge in [-0.15, -0.1) is 11.3 Å². The molecule has 0 amide bonds. The lowest BCUT2D eigenvalue weighted by Crippen LogP contribution is -2.38. The second-order valence-corrected chi connectivity index (χ2v) is 6.27. The highest BCUT2D eigenvalue weighted by Gasteiger charge is 2.17. The van der Waals surface area contributed by atoms with Gasteiger partial charge in [0.25, 0.3) is 0 Å². The van der Waals surface area contributed by atoms with Gasteiger partial charge in [-0.3, -0.25) is 4.90 Å². The Kier molecular flexibility index (Phi) is 4.65. The molecule has 1 saturated heterocycles. The van der Waals surface area contributed by atoms with Gasteiger partial charge in [-0.2, -0.15) is 0 Å². The minimum Gasteiger partial charge on any atom is -0.315 e. The van der Waals surface area contributed by atoms with Crippen LogP contribution in [-0.4, -0.2) is 31.1 Å². The van der Waals surface area contributed by atoms with Crippen LogP contribution in [0.1, 0.15) is 24.1 Å². The van der Waals surface area contributed by atoms with E-state index >= 15 is 0 Å². The molecule has 2 heterocycles. The Balaban J connectivity index is 1.88. The molecule has 1 unspecified atom stereocenters. The van der Waals surface area contributed by atoms with Gasteiger partial charge in [-0.25, -0.2) is 0 Å². The Morgan fingerprint density at radius 2 is 2.38 bits per heavy atom. The van der Waals surface area contributed by atoms with Crippen LogP contribution in [0.4, 0.5) is 0 Å². The van der Waals surface area contributed by atoms with Gasteiger partial charge < -0.3 is 5.32 Å². The van der Waals surface area contributed by atoms with Crippen LogP contribution in [0.5, 0.6) is 0 Å². The molecule has 1 atom stereocenters. The first-order valence-electron chi connectivity index (χ1n) is 5.91. The molecule has 16 heavy (non-hydrogen) atoms. The molecule has 1 N–H and O–H groups in total. The number of likely N-dealkylation sites (N-methyl/N-ethyl adjacent to an activating group) is 1. The van der Waals surface area contributed by atoms with E-state index in [4.69, 9.17) is 11.6 Å². The molecule has 4 heteroatoms. The van der Waals surface area contributed by atoms with Crippen molar-refractivity contribution in [3.63, 3.8) is 0 Å². The van der Waals surface area contributed by atoms with Crippen molar-refractivity contribution in [2.75, 3.05) is 20.1 Å². The Morgan fingerprint density at radius 1 is 1.50 bits per heavy atom. The van der Waals surface area contributed by atoms with Crippen LogP contribution in [0.25, 0.3) is 0 Å². The average Bonchev–Trinajstić information content (AvgIpc) is 2.56. The van der Waals surface area contributed by atoms with Crippen LogP contribution in [0.3, 0.4) is 0 Å². The minimum atomic E-state index is 0.670. The summed E-state index contributed by atoms with van der Waals surface area (Å²) in [6, 6.07) is 4.79. The van der Waals surface area contributed by atoms with Gasteiger partial charge in [-0.1, -0.05) is 18.0 Å². The molecule has 1 aliphatic heterocycles. The third-order valence-corrected chi connectivity index (χ3v) is 4.39. The summed E-state index contributed by atoms with van der Waals surface area (Å²) in [6.07, 6.45) is 3.96. The van der Waals surface area contributed by atoms with Crippen molar-refractivity contribution >= 4 is 22.9 Å². The third kappa shape index (κ3) is 3.45. The maximum Gasteiger partial charge on any atom is 0.0931 e. The molecule has 0 aliphatic carbocycles. The molecule has 0 spiro atoms. The molecule has 0 saturated carbocycles. The van der Waals surface area contributed by atoms with E-state index < -0.39 is 0 Å². The standard InChI is InChI=1S/C12H19ClN2S/c1-15(9-11-5-6-12(13)16-11)10-4-2-3-7-14-8-10/h5-6,10,14H,2-4,7-9H2,1H3. The number of nitrogens with zero attached hydrogens (tertiary/aromatic N) is 1. The van der Waals surface area contributed by atoms with Crippen molar-refractivity contribution < 1.29 is 0 Å². The third-order valence-electron chi connectivity index (χ3n) is 3.18. The Hall–Kier alpha value is -0.0900. The lowest BCUT2D eigenvalue weighted by Gasteiger charge is -2.26. The van der Waals surface area contributed by atoms with E-state index in [0.717, 1.165) is 17.4 Å². The highest BCUT2D eigenvalue weighted by Crippen LogP contribution is 2.23.